The summed E-state index contributed by atoms with van der Waals surface area (Å²) in [6.07, 6.45) is 0. The molecule has 4 nitrogen and oxygen atoms in total. The zero-order valence-electron chi connectivity index (χ0n) is 33.0. The molecular formula is C57H35N3O. The van der Waals surface area contributed by atoms with Gasteiger partial charge in [-0.3, -0.25) is 0 Å². The van der Waals surface area contributed by atoms with Crippen molar-refractivity contribution < 1.29 is 4.74 Å². The van der Waals surface area contributed by atoms with Crippen molar-refractivity contribution in [3.8, 4) is 62.2 Å². The molecule has 0 N–H and O–H groups in total. The highest BCUT2D eigenvalue weighted by molar-refractivity contribution is 6.20. The topological polar surface area (TPSA) is 39.9 Å². The van der Waals surface area contributed by atoms with Crippen LogP contribution in [0.15, 0.2) is 212 Å². The van der Waals surface area contributed by atoms with Gasteiger partial charge < -0.3 is 9.30 Å². The van der Waals surface area contributed by atoms with Crippen molar-refractivity contribution in [2.24, 2.45) is 0 Å². The monoisotopic (exact) mass is 777 g/mol. The van der Waals surface area contributed by atoms with Crippen LogP contribution in [0.5, 0.6) is 11.5 Å². The molecule has 13 rings (SSSR count). The number of rotatable bonds is 4. The fraction of sp³-hybridized carbons (Fsp3) is 0.0175. The van der Waals surface area contributed by atoms with E-state index in [0.717, 1.165) is 72.8 Å². The van der Waals surface area contributed by atoms with Gasteiger partial charge in [-0.05, 0) is 51.9 Å². The van der Waals surface area contributed by atoms with Crippen LogP contribution >= 0.6 is 0 Å². The van der Waals surface area contributed by atoms with Gasteiger partial charge in [0.15, 0.2) is 11.6 Å². The van der Waals surface area contributed by atoms with Gasteiger partial charge in [0.2, 0.25) is 0 Å². The molecule has 1 aliphatic carbocycles. The normalized spacial score (nSPS) is 13.2. The zero-order chi connectivity index (χ0) is 40.1. The molecular weight excluding hydrogens is 743 g/mol. The fourth-order valence-corrected chi connectivity index (χ4v) is 10.3. The van der Waals surface area contributed by atoms with Crippen molar-refractivity contribution in [3.05, 3.63) is 235 Å². The number of para-hydroxylation sites is 1. The van der Waals surface area contributed by atoms with E-state index in [1.54, 1.807) is 0 Å². The standard InChI is InChI=1S/C57H35N3O/c1-3-17-37(18-4-1)50-35-51(59-56(58-50)38-19-5-2-6-20-38)39-21-15-22-40(34-39)60-53-41-23-8-7-16-36(41)30-31-44(53)45-32-33-49-55(54(45)60)61-52-29-14-13-28-48(52)57(49)46-26-11-9-24-42(46)43-25-10-12-27-47(43)57/h1-35H. The molecule has 3 heterocycles. The van der Waals surface area contributed by atoms with E-state index >= 15 is 0 Å². The Morgan fingerprint density at radius 3 is 1.75 bits per heavy atom. The summed E-state index contributed by atoms with van der Waals surface area (Å²) in [5.41, 5.74) is 14.7. The average Bonchev–Trinajstić information content (AvgIpc) is 3.84. The van der Waals surface area contributed by atoms with E-state index < -0.39 is 5.41 Å². The highest BCUT2D eigenvalue weighted by atomic mass is 16.5. The molecule has 2 aliphatic rings. The number of nitrogens with zero attached hydrogens (tertiary/aromatic N) is 3. The Morgan fingerprint density at radius 1 is 0.393 bits per heavy atom. The van der Waals surface area contributed by atoms with Gasteiger partial charge in [-0.15, -0.1) is 0 Å². The maximum atomic E-state index is 7.31. The van der Waals surface area contributed by atoms with Crippen LogP contribution in [-0.2, 0) is 5.41 Å². The zero-order valence-corrected chi connectivity index (χ0v) is 33.0. The minimum atomic E-state index is -0.584. The highest BCUT2D eigenvalue weighted by Crippen LogP contribution is 2.63. The van der Waals surface area contributed by atoms with E-state index in [-0.39, 0.29) is 0 Å². The average molecular weight is 778 g/mol. The van der Waals surface area contributed by atoms with Crippen LogP contribution in [0.2, 0.25) is 0 Å². The molecule has 0 saturated carbocycles. The highest BCUT2D eigenvalue weighted by Gasteiger charge is 2.51. The maximum absolute atomic E-state index is 7.31. The second-order valence-electron chi connectivity index (χ2n) is 16.0. The van der Waals surface area contributed by atoms with Crippen LogP contribution < -0.4 is 4.74 Å². The summed E-state index contributed by atoms with van der Waals surface area (Å²) in [5, 5.41) is 4.67. The fourth-order valence-electron chi connectivity index (χ4n) is 10.3. The molecule has 0 fully saturated rings. The first-order valence-corrected chi connectivity index (χ1v) is 20.8. The predicted molar refractivity (Wildman–Crippen MR) is 248 cm³/mol. The first-order chi connectivity index (χ1) is 30.3. The molecule has 0 unspecified atom stereocenters. The summed E-state index contributed by atoms with van der Waals surface area (Å²) in [6.45, 7) is 0. The first kappa shape index (κ1) is 33.8. The summed E-state index contributed by atoms with van der Waals surface area (Å²) in [6, 6.07) is 75.9. The van der Waals surface area contributed by atoms with E-state index in [1.165, 1.54) is 38.4 Å². The summed E-state index contributed by atoms with van der Waals surface area (Å²) in [5.74, 6) is 2.43. The van der Waals surface area contributed by atoms with Crippen molar-refractivity contribution in [1.29, 1.82) is 0 Å². The van der Waals surface area contributed by atoms with Crippen molar-refractivity contribution in [2.45, 2.75) is 5.41 Å². The Hall–Kier alpha value is -8.08. The van der Waals surface area contributed by atoms with Crippen molar-refractivity contribution in [3.63, 3.8) is 0 Å². The second-order valence-corrected chi connectivity index (χ2v) is 16.0. The third-order valence-electron chi connectivity index (χ3n) is 12.9. The third-order valence-corrected chi connectivity index (χ3v) is 12.9. The number of ether oxygens (including phenoxy) is 1. The Labute approximate surface area is 352 Å². The molecule has 11 aromatic rings. The quantitative estimate of drug-likeness (QED) is 0.179. The molecule has 1 aliphatic heterocycles. The molecule has 4 heteroatoms. The maximum Gasteiger partial charge on any atom is 0.160 e. The van der Waals surface area contributed by atoms with Gasteiger partial charge in [0.1, 0.15) is 5.75 Å². The van der Waals surface area contributed by atoms with Gasteiger partial charge in [0.25, 0.3) is 0 Å². The van der Waals surface area contributed by atoms with E-state index in [0.29, 0.717) is 5.82 Å². The van der Waals surface area contributed by atoms with Crippen molar-refractivity contribution in [1.82, 2.24) is 14.5 Å². The Balaban J connectivity index is 1.13. The van der Waals surface area contributed by atoms with Gasteiger partial charge in [-0.2, -0.15) is 0 Å². The lowest BCUT2D eigenvalue weighted by Gasteiger charge is -2.39. The van der Waals surface area contributed by atoms with Crippen molar-refractivity contribution >= 4 is 32.6 Å². The molecule has 9 aromatic carbocycles. The third kappa shape index (κ3) is 4.82. The predicted octanol–water partition coefficient (Wildman–Crippen LogP) is 14.2. The van der Waals surface area contributed by atoms with Gasteiger partial charge >= 0.3 is 0 Å². The molecule has 0 amide bonds. The van der Waals surface area contributed by atoms with Gasteiger partial charge in [-0.1, -0.05) is 188 Å². The number of aromatic nitrogens is 3. The molecule has 0 bridgehead atoms. The van der Waals surface area contributed by atoms with Crippen LogP contribution in [0.1, 0.15) is 22.3 Å². The lowest BCUT2D eigenvalue weighted by atomic mass is 9.66. The van der Waals surface area contributed by atoms with Crippen LogP contribution in [0, 0.1) is 0 Å². The Morgan fingerprint density at radius 2 is 0.984 bits per heavy atom. The lowest BCUT2D eigenvalue weighted by Crippen LogP contribution is -2.32. The first-order valence-electron chi connectivity index (χ1n) is 20.8. The molecule has 1 spiro atoms. The SMILES string of the molecule is c1ccc(-c2cc(-c3cccc(-n4c5c6c(ccc5c5ccc7ccccc7c54)C4(c5ccccc5O6)c5ccccc5-c5ccccc54)c3)nc(-c3ccccc3)n2)cc1. The second kappa shape index (κ2) is 13.0. The number of fused-ring (bicyclic) bond motifs is 15. The lowest BCUT2D eigenvalue weighted by molar-refractivity contribution is 0.440. The molecule has 284 valence electrons. The Bertz CT molecular complexity index is 3470. The molecule has 0 atom stereocenters. The number of benzene rings is 9. The minimum absolute atomic E-state index is 0.584. The van der Waals surface area contributed by atoms with Crippen LogP contribution in [0.3, 0.4) is 0 Å². The molecule has 2 aromatic heterocycles. The van der Waals surface area contributed by atoms with E-state index in [2.05, 4.69) is 193 Å². The van der Waals surface area contributed by atoms with Crippen LogP contribution in [0.4, 0.5) is 0 Å². The van der Waals surface area contributed by atoms with E-state index in [9.17, 15) is 0 Å². The summed E-state index contributed by atoms with van der Waals surface area (Å²) >= 11 is 0. The van der Waals surface area contributed by atoms with Gasteiger partial charge in [0, 0.05) is 49.7 Å². The van der Waals surface area contributed by atoms with Gasteiger partial charge in [0.05, 0.1) is 27.8 Å². The van der Waals surface area contributed by atoms with E-state index in [4.69, 9.17) is 14.7 Å². The smallest absolute Gasteiger partial charge is 0.160 e. The summed E-state index contributed by atoms with van der Waals surface area (Å²) in [4.78, 5) is 10.3. The number of hydrogen-bond donors (Lipinski definition) is 0. The molecule has 61 heavy (non-hydrogen) atoms. The molecule has 0 radical (unpaired) electrons. The van der Waals surface area contributed by atoms with Crippen LogP contribution in [-0.4, -0.2) is 14.5 Å². The van der Waals surface area contributed by atoms with Gasteiger partial charge in [-0.25, -0.2) is 9.97 Å². The van der Waals surface area contributed by atoms with E-state index in [1.807, 2.05) is 24.3 Å². The Kier molecular flexibility index (Phi) is 7.19. The number of hydrogen-bond acceptors (Lipinski definition) is 3. The largest absolute Gasteiger partial charge is 0.454 e. The molecule has 0 saturated heterocycles. The van der Waals surface area contributed by atoms with Crippen molar-refractivity contribution in [2.75, 3.05) is 0 Å². The summed E-state index contributed by atoms with van der Waals surface area (Å²) < 4.78 is 9.76. The minimum Gasteiger partial charge on any atom is -0.454 e. The van der Waals surface area contributed by atoms with Crippen LogP contribution in [0.25, 0.3) is 83.3 Å². The summed E-state index contributed by atoms with van der Waals surface area (Å²) in [7, 11) is 0.